The summed E-state index contributed by atoms with van der Waals surface area (Å²) in [6, 6.07) is 0. The first-order valence-corrected chi connectivity index (χ1v) is 2.86. The van der Waals surface area contributed by atoms with Crippen LogP contribution in [0.5, 0.6) is 0 Å². The normalized spacial score (nSPS) is 13.4. The van der Waals surface area contributed by atoms with Gasteiger partial charge in [0.25, 0.3) is 11.8 Å². The highest BCUT2D eigenvalue weighted by Gasteiger charge is 2.10. The predicted octanol–water partition coefficient (Wildman–Crippen LogP) is 0.359. The van der Waals surface area contributed by atoms with Crippen molar-refractivity contribution in [1.29, 1.82) is 0 Å². The van der Waals surface area contributed by atoms with E-state index in [1.165, 1.54) is 0 Å². The number of nitrogen functional groups attached to an aromatic ring is 1. The molecule has 10 heavy (non-hydrogen) atoms. The molecule has 0 aliphatic heterocycles. The minimum Gasteiger partial charge on any atom is -0.372 e. The Hall–Kier alpha value is -1.10. The van der Waals surface area contributed by atoms with Crippen molar-refractivity contribution < 1.29 is 9.26 Å². The fourth-order valence-corrected chi connectivity index (χ4v) is 0.513. The number of rotatable bonds is 2. The highest BCUT2D eigenvalue weighted by molar-refractivity contribution is 5.10. The smallest absolute Gasteiger partial charge is 0.260 e. The maximum absolute atomic E-state index is 5.20. The molecule has 5 heteroatoms. The number of hydrogen-bond donors (Lipinski definition) is 1. The molecular formula is C5H9N3O2. The standard InChI is InChI=1S/C5H9N3O2/c1-3(9-2)4-7-5(6)8-10-4/h3H,1-2H3,(H2,6,8). The van der Waals surface area contributed by atoms with Crippen LogP contribution in [0.4, 0.5) is 5.95 Å². The molecule has 1 rings (SSSR count). The first-order chi connectivity index (χ1) is 4.74. The van der Waals surface area contributed by atoms with Gasteiger partial charge in [-0.25, -0.2) is 0 Å². The van der Waals surface area contributed by atoms with Crippen molar-refractivity contribution in [3.8, 4) is 0 Å². The van der Waals surface area contributed by atoms with Crippen LogP contribution < -0.4 is 5.73 Å². The second kappa shape index (κ2) is 2.66. The number of hydrogen-bond acceptors (Lipinski definition) is 5. The molecule has 0 fully saturated rings. The van der Waals surface area contributed by atoms with Crippen LogP contribution in [-0.2, 0) is 4.74 Å². The lowest BCUT2D eigenvalue weighted by Crippen LogP contribution is -1.96. The van der Waals surface area contributed by atoms with Crippen molar-refractivity contribution in [2.24, 2.45) is 0 Å². The lowest BCUT2D eigenvalue weighted by atomic mass is 10.4. The van der Waals surface area contributed by atoms with E-state index in [-0.39, 0.29) is 12.1 Å². The molecule has 1 atom stereocenters. The van der Waals surface area contributed by atoms with Gasteiger partial charge in [0.15, 0.2) is 0 Å². The van der Waals surface area contributed by atoms with E-state index in [9.17, 15) is 0 Å². The monoisotopic (exact) mass is 143 g/mol. The zero-order valence-corrected chi connectivity index (χ0v) is 5.87. The Balaban J connectivity index is 2.74. The van der Waals surface area contributed by atoms with Crippen molar-refractivity contribution in [2.75, 3.05) is 12.8 Å². The average molecular weight is 143 g/mol. The second-order valence-electron chi connectivity index (χ2n) is 1.87. The Morgan fingerprint density at radius 1 is 1.70 bits per heavy atom. The van der Waals surface area contributed by atoms with Gasteiger partial charge in [-0.3, -0.25) is 0 Å². The summed E-state index contributed by atoms with van der Waals surface area (Å²) in [5, 5.41) is 3.40. The molecule has 5 nitrogen and oxygen atoms in total. The van der Waals surface area contributed by atoms with Gasteiger partial charge in [0.1, 0.15) is 6.10 Å². The quantitative estimate of drug-likeness (QED) is 0.646. The Morgan fingerprint density at radius 3 is 2.80 bits per heavy atom. The number of anilines is 1. The van der Waals surface area contributed by atoms with E-state index in [4.69, 9.17) is 15.0 Å². The molecule has 0 aliphatic carbocycles. The number of methoxy groups -OCH3 is 1. The topological polar surface area (TPSA) is 74.2 Å². The van der Waals surface area contributed by atoms with Crippen molar-refractivity contribution in [3.05, 3.63) is 5.89 Å². The maximum atomic E-state index is 5.20. The highest BCUT2D eigenvalue weighted by atomic mass is 16.5. The highest BCUT2D eigenvalue weighted by Crippen LogP contribution is 2.12. The third-order valence-electron chi connectivity index (χ3n) is 1.16. The van der Waals surface area contributed by atoms with Gasteiger partial charge in [0, 0.05) is 7.11 Å². The minimum atomic E-state index is -0.190. The largest absolute Gasteiger partial charge is 0.372 e. The lowest BCUT2D eigenvalue weighted by Gasteiger charge is -2.00. The van der Waals surface area contributed by atoms with Crippen LogP contribution >= 0.6 is 0 Å². The number of nitrogens with two attached hydrogens (primary N) is 1. The molecule has 1 aromatic heterocycles. The molecule has 1 aromatic rings. The molecule has 0 aromatic carbocycles. The van der Waals surface area contributed by atoms with Crippen molar-refractivity contribution in [3.63, 3.8) is 0 Å². The summed E-state index contributed by atoms with van der Waals surface area (Å²) in [5.74, 6) is 0.541. The molecule has 2 N–H and O–H groups in total. The molecule has 1 unspecified atom stereocenters. The van der Waals surface area contributed by atoms with E-state index in [0.29, 0.717) is 5.89 Å². The lowest BCUT2D eigenvalue weighted by molar-refractivity contribution is 0.0886. The zero-order chi connectivity index (χ0) is 7.56. The minimum absolute atomic E-state index is 0.138. The van der Waals surface area contributed by atoms with Gasteiger partial charge >= 0.3 is 0 Å². The van der Waals surface area contributed by atoms with Crippen LogP contribution in [0, 0.1) is 0 Å². The van der Waals surface area contributed by atoms with E-state index in [1.807, 2.05) is 0 Å². The second-order valence-corrected chi connectivity index (χ2v) is 1.87. The molecule has 0 saturated carbocycles. The maximum Gasteiger partial charge on any atom is 0.260 e. The molecule has 0 aliphatic rings. The molecule has 0 amide bonds. The molecule has 0 bridgehead atoms. The van der Waals surface area contributed by atoms with Gasteiger partial charge in [-0.15, -0.1) is 0 Å². The van der Waals surface area contributed by atoms with Gasteiger partial charge in [0.2, 0.25) is 0 Å². The van der Waals surface area contributed by atoms with E-state index in [2.05, 4.69) is 10.1 Å². The summed E-state index contributed by atoms with van der Waals surface area (Å²) >= 11 is 0. The van der Waals surface area contributed by atoms with E-state index in [1.54, 1.807) is 14.0 Å². The molecule has 0 spiro atoms. The third-order valence-corrected chi connectivity index (χ3v) is 1.16. The SMILES string of the molecule is COC(C)c1nc(N)no1. The van der Waals surface area contributed by atoms with Crippen LogP contribution in [0.1, 0.15) is 18.9 Å². The van der Waals surface area contributed by atoms with Crippen LogP contribution in [0.25, 0.3) is 0 Å². The summed E-state index contributed by atoms with van der Waals surface area (Å²) < 4.78 is 9.60. The summed E-state index contributed by atoms with van der Waals surface area (Å²) in [5.41, 5.74) is 5.20. The first-order valence-electron chi connectivity index (χ1n) is 2.86. The van der Waals surface area contributed by atoms with Gasteiger partial charge in [-0.05, 0) is 12.1 Å². The van der Waals surface area contributed by atoms with E-state index in [0.717, 1.165) is 0 Å². The fourth-order valence-electron chi connectivity index (χ4n) is 0.513. The molecule has 56 valence electrons. The number of nitrogens with zero attached hydrogens (tertiary/aromatic N) is 2. The Kier molecular flexibility index (Phi) is 1.86. The summed E-state index contributed by atoms with van der Waals surface area (Å²) in [7, 11) is 1.56. The van der Waals surface area contributed by atoms with Crippen LogP contribution in [-0.4, -0.2) is 17.3 Å². The fraction of sp³-hybridized carbons (Fsp3) is 0.600. The molecular weight excluding hydrogens is 134 g/mol. The van der Waals surface area contributed by atoms with Crippen molar-refractivity contribution in [2.45, 2.75) is 13.0 Å². The van der Waals surface area contributed by atoms with Crippen molar-refractivity contribution in [1.82, 2.24) is 10.1 Å². The van der Waals surface area contributed by atoms with Gasteiger partial charge < -0.3 is 15.0 Å². The first kappa shape index (κ1) is 7.01. The average Bonchev–Trinajstić information content (AvgIpc) is 2.34. The van der Waals surface area contributed by atoms with E-state index >= 15 is 0 Å². The molecule has 1 heterocycles. The Morgan fingerprint density at radius 2 is 2.40 bits per heavy atom. The summed E-state index contributed by atoms with van der Waals surface area (Å²) in [6.07, 6.45) is -0.190. The Bertz CT molecular complexity index is 210. The Labute approximate surface area is 58.2 Å². The summed E-state index contributed by atoms with van der Waals surface area (Å²) in [6.45, 7) is 1.80. The molecule has 0 saturated heterocycles. The van der Waals surface area contributed by atoms with E-state index < -0.39 is 0 Å². The van der Waals surface area contributed by atoms with Crippen LogP contribution in [0.2, 0.25) is 0 Å². The van der Waals surface area contributed by atoms with Crippen LogP contribution in [0.3, 0.4) is 0 Å². The third kappa shape index (κ3) is 1.24. The van der Waals surface area contributed by atoms with Gasteiger partial charge in [-0.1, -0.05) is 0 Å². The van der Waals surface area contributed by atoms with Gasteiger partial charge in [-0.2, -0.15) is 4.98 Å². The number of aromatic nitrogens is 2. The van der Waals surface area contributed by atoms with Gasteiger partial charge in [0.05, 0.1) is 0 Å². The summed E-state index contributed by atoms with van der Waals surface area (Å²) in [4.78, 5) is 3.76. The zero-order valence-electron chi connectivity index (χ0n) is 5.87. The number of ether oxygens (including phenoxy) is 1. The predicted molar refractivity (Wildman–Crippen MR) is 34.1 cm³/mol. The van der Waals surface area contributed by atoms with Crippen molar-refractivity contribution >= 4 is 5.95 Å². The molecule has 0 radical (unpaired) electrons. The van der Waals surface area contributed by atoms with Crippen LogP contribution in [0.15, 0.2) is 4.52 Å².